The average Bonchev–Trinajstić information content (AvgIpc) is 3.00. The molecule has 1 atom stereocenters. The molecule has 0 saturated carbocycles. The number of nitrogens with one attached hydrogen (secondary N) is 1. The predicted molar refractivity (Wildman–Crippen MR) is 165 cm³/mol. The zero-order chi connectivity index (χ0) is 27.0. The van der Waals surface area contributed by atoms with Crippen molar-refractivity contribution in [2.45, 2.75) is 23.8 Å². The summed E-state index contributed by atoms with van der Waals surface area (Å²) in [6.45, 7) is 0. The lowest BCUT2D eigenvalue weighted by Crippen LogP contribution is -2.40. The summed E-state index contributed by atoms with van der Waals surface area (Å²) in [5.41, 5.74) is 1.11. The average molecular weight is 551 g/mol. The van der Waals surface area contributed by atoms with E-state index in [1.807, 2.05) is 24.3 Å². The van der Waals surface area contributed by atoms with Crippen LogP contribution in [0.1, 0.15) is 12.0 Å². The van der Waals surface area contributed by atoms with Gasteiger partial charge in [-0.15, -0.1) is 0 Å². The maximum Gasteiger partial charge on any atom is 0.240 e. The van der Waals surface area contributed by atoms with Crippen LogP contribution in [0.15, 0.2) is 157 Å². The lowest BCUT2D eigenvalue weighted by atomic mass is 10.1. The standard InChI is InChI=1S/C34H33NO2PS/c36-39(37,34-24-14-5-15-25-34)35-30(28-29-16-6-1-7-17-29)26-27-38(31-18-8-2-9-19-31,32-20-10-3-11-21-32)33-22-12-4-13-23-33/h1-25,30,35H,26-28H2/q+1/t30-/m0/s1. The van der Waals surface area contributed by atoms with E-state index >= 15 is 0 Å². The number of benzene rings is 5. The Morgan fingerprint density at radius 2 is 0.923 bits per heavy atom. The van der Waals surface area contributed by atoms with Crippen LogP contribution in [0.2, 0.25) is 0 Å². The second-order valence-corrected chi connectivity index (χ2v) is 15.0. The Morgan fingerprint density at radius 3 is 1.36 bits per heavy atom. The Labute approximate surface area is 233 Å². The second-order valence-electron chi connectivity index (χ2n) is 9.65. The molecule has 5 aromatic carbocycles. The van der Waals surface area contributed by atoms with Gasteiger partial charge < -0.3 is 0 Å². The van der Waals surface area contributed by atoms with Crippen molar-refractivity contribution in [1.82, 2.24) is 4.72 Å². The number of hydrogen-bond acceptors (Lipinski definition) is 2. The van der Waals surface area contributed by atoms with E-state index in [0.29, 0.717) is 17.7 Å². The second kappa shape index (κ2) is 12.5. The highest BCUT2D eigenvalue weighted by atomic mass is 32.2. The van der Waals surface area contributed by atoms with Crippen molar-refractivity contribution in [2.24, 2.45) is 0 Å². The molecular formula is C34H33NO2PS+. The first-order valence-corrected chi connectivity index (χ1v) is 16.7. The van der Waals surface area contributed by atoms with Crippen LogP contribution >= 0.6 is 7.26 Å². The van der Waals surface area contributed by atoms with E-state index in [-0.39, 0.29) is 6.04 Å². The van der Waals surface area contributed by atoms with E-state index in [9.17, 15) is 8.42 Å². The van der Waals surface area contributed by atoms with E-state index in [2.05, 4.69) is 108 Å². The van der Waals surface area contributed by atoms with Gasteiger partial charge in [-0.3, -0.25) is 0 Å². The number of rotatable bonds is 11. The van der Waals surface area contributed by atoms with Crippen molar-refractivity contribution in [3.05, 3.63) is 157 Å². The van der Waals surface area contributed by atoms with Crippen molar-refractivity contribution >= 4 is 33.2 Å². The Morgan fingerprint density at radius 1 is 0.538 bits per heavy atom. The third-order valence-electron chi connectivity index (χ3n) is 7.10. The van der Waals surface area contributed by atoms with Crippen LogP contribution in [0.25, 0.3) is 0 Å². The highest BCUT2D eigenvalue weighted by Crippen LogP contribution is 2.56. The van der Waals surface area contributed by atoms with Gasteiger partial charge in [0.15, 0.2) is 0 Å². The summed E-state index contributed by atoms with van der Waals surface area (Å²) in [7, 11) is -5.76. The monoisotopic (exact) mass is 550 g/mol. The molecule has 3 nitrogen and oxygen atoms in total. The van der Waals surface area contributed by atoms with Gasteiger partial charge in [0.05, 0.1) is 11.1 Å². The zero-order valence-corrected chi connectivity index (χ0v) is 23.5. The molecule has 0 aliphatic heterocycles. The van der Waals surface area contributed by atoms with Gasteiger partial charge in [0.2, 0.25) is 10.0 Å². The minimum atomic E-state index is -3.68. The van der Waals surface area contributed by atoms with Crippen molar-refractivity contribution in [2.75, 3.05) is 6.16 Å². The lowest BCUT2D eigenvalue weighted by molar-refractivity contribution is 0.538. The molecule has 0 bridgehead atoms. The smallest absolute Gasteiger partial charge is 0.208 e. The fraction of sp³-hybridized carbons (Fsp3) is 0.118. The van der Waals surface area contributed by atoms with Crippen LogP contribution in [0.5, 0.6) is 0 Å². The molecule has 1 N–H and O–H groups in total. The molecule has 0 heterocycles. The Balaban J connectivity index is 1.57. The first-order chi connectivity index (χ1) is 19.1. The van der Waals surface area contributed by atoms with E-state index in [1.165, 1.54) is 15.9 Å². The van der Waals surface area contributed by atoms with Crippen LogP contribution in [-0.4, -0.2) is 20.6 Å². The highest BCUT2D eigenvalue weighted by Gasteiger charge is 2.45. The summed E-state index contributed by atoms with van der Waals surface area (Å²) in [5.74, 6) is 0. The van der Waals surface area contributed by atoms with Gasteiger partial charge in [-0.05, 0) is 66.9 Å². The van der Waals surface area contributed by atoms with E-state index in [1.54, 1.807) is 24.3 Å². The van der Waals surface area contributed by atoms with Gasteiger partial charge in [-0.2, -0.15) is 0 Å². The first-order valence-electron chi connectivity index (χ1n) is 13.2. The Hall–Kier alpha value is -3.56. The molecule has 0 aliphatic rings. The van der Waals surface area contributed by atoms with Gasteiger partial charge in [-0.25, -0.2) is 13.1 Å². The SMILES string of the molecule is O=S(=O)(N[C@@H](CC[P+](c1ccccc1)(c1ccccc1)c1ccccc1)Cc1ccccc1)c1ccccc1. The van der Waals surface area contributed by atoms with Crippen LogP contribution in [0.4, 0.5) is 0 Å². The lowest BCUT2D eigenvalue weighted by Gasteiger charge is -2.29. The van der Waals surface area contributed by atoms with E-state index in [0.717, 1.165) is 11.7 Å². The molecular weight excluding hydrogens is 517 g/mol. The molecule has 0 spiro atoms. The first kappa shape index (κ1) is 27.0. The van der Waals surface area contributed by atoms with Crippen LogP contribution in [0, 0.1) is 0 Å². The normalized spacial score (nSPS) is 12.6. The van der Waals surface area contributed by atoms with Crippen molar-refractivity contribution in [3.8, 4) is 0 Å². The third-order valence-corrected chi connectivity index (χ3v) is 13.1. The highest BCUT2D eigenvalue weighted by molar-refractivity contribution is 7.95. The van der Waals surface area contributed by atoms with E-state index < -0.39 is 17.3 Å². The van der Waals surface area contributed by atoms with Crippen molar-refractivity contribution in [1.29, 1.82) is 0 Å². The van der Waals surface area contributed by atoms with E-state index in [4.69, 9.17) is 0 Å². The number of sulfonamides is 1. The molecule has 0 aliphatic carbocycles. The maximum absolute atomic E-state index is 13.5. The third kappa shape index (κ3) is 6.37. The van der Waals surface area contributed by atoms with Crippen LogP contribution in [0.3, 0.4) is 0 Å². The quantitative estimate of drug-likeness (QED) is 0.206. The van der Waals surface area contributed by atoms with Gasteiger partial charge in [0.1, 0.15) is 23.2 Å². The maximum atomic E-state index is 13.5. The summed E-state index contributed by atoms with van der Waals surface area (Å²) in [6, 6.07) is 50.7. The molecule has 0 saturated heterocycles. The topological polar surface area (TPSA) is 46.2 Å². The van der Waals surface area contributed by atoms with Gasteiger partial charge >= 0.3 is 0 Å². The molecule has 0 radical (unpaired) electrons. The van der Waals surface area contributed by atoms with Gasteiger partial charge in [-0.1, -0.05) is 103 Å². The number of hydrogen-bond donors (Lipinski definition) is 1. The summed E-state index contributed by atoms with van der Waals surface area (Å²) < 4.78 is 30.0. The van der Waals surface area contributed by atoms with Gasteiger partial charge in [0, 0.05) is 6.04 Å². The Kier molecular flexibility index (Phi) is 8.68. The summed E-state index contributed by atoms with van der Waals surface area (Å²) in [4.78, 5) is 0.290. The minimum absolute atomic E-state index is 0.270. The van der Waals surface area contributed by atoms with Crippen LogP contribution < -0.4 is 20.6 Å². The van der Waals surface area contributed by atoms with Crippen molar-refractivity contribution < 1.29 is 8.42 Å². The van der Waals surface area contributed by atoms with Gasteiger partial charge in [0.25, 0.3) is 0 Å². The fourth-order valence-electron chi connectivity index (χ4n) is 5.22. The summed E-state index contributed by atoms with van der Waals surface area (Å²) in [5, 5.41) is 3.89. The molecule has 0 amide bonds. The Bertz CT molecular complexity index is 1450. The summed E-state index contributed by atoms with van der Waals surface area (Å²) in [6.07, 6.45) is 2.14. The molecule has 5 rings (SSSR count). The van der Waals surface area contributed by atoms with Crippen molar-refractivity contribution in [3.63, 3.8) is 0 Å². The molecule has 0 aromatic heterocycles. The zero-order valence-electron chi connectivity index (χ0n) is 21.8. The molecule has 5 aromatic rings. The molecule has 5 heteroatoms. The predicted octanol–water partition coefficient (Wildman–Crippen LogP) is 5.96. The molecule has 0 unspecified atom stereocenters. The molecule has 0 fully saturated rings. The van der Waals surface area contributed by atoms with Crippen LogP contribution in [-0.2, 0) is 16.4 Å². The molecule has 39 heavy (non-hydrogen) atoms. The summed E-state index contributed by atoms with van der Waals surface area (Å²) >= 11 is 0. The largest absolute Gasteiger partial charge is 0.240 e. The fourth-order valence-corrected chi connectivity index (χ4v) is 10.9. The molecule has 196 valence electrons. The minimum Gasteiger partial charge on any atom is -0.208 e.